The Labute approximate surface area is 199 Å². The molecule has 0 spiro atoms. The fourth-order valence-corrected chi connectivity index (χ4v) is 4.15. The SMILES string of the molecule is CC(O)Oc1ccc(C2=Cc3ccc4c(c3OC2)C=CC(C)(C)O4)c(OCc2ccccc2)c1. The summed E-state index contributed by atoms with van der Waals surface area (Å²) in [6.45, 7) is 6.47. The Hall–Kier alpha value is -3.70. The zero-order valence-corrected chi connectivity index (χ0v) is 19.6. The molecule has 2 aliphatic rings. The van der Waals surface area contributed by atoms with E-state index in [1.54, 1.807) is 6.92 Å². The van der Waals surface area contributed by atoms with Gasteiger partial charge >= 0.3 is 0 Å². The van der Waals surface area contributed by atoms with Gasteiger partial charge < -0.3 is 24.1 Å². The number of hydrogen-bond acceptors (Lipinski definition) is 5. The first-order valence-corrected chi connectivity index (χ1v) is 11.4. The topological polar surface area (TPSA) is 57.2 Å². The van der Waals surface area contributed by atoms with E-state index in [4.69, 9.17) is 18.9 Å². The maximum atomic E-state index is 9.65. The van der Waals surface area contributed by atoms with E-state index in [1.165, 1.54) is 0 Å². The molecule has 5 heteroatoms. The molecule has 34 heavy (non-hydrogen) atoms. The number of rotatable bonds is 6. The molecule has 1 atom stereocenters. The maximum Gasteiger partial charge on any atom is 0.194 e. The highest BCUT2D eigenvalue weighted by atomic mass is 16.6. The first-order valence-electron chi connectivity index (χ1n) is 11.4. The molecule has 0 bridgehead atoms. The third-order valence-electron chi connectivity index (χ3n) is 5.76. The summed E-state index contributed by atoms with van der Waals surface area (Å²) in [5.41, 5.74) is 4.61. The lowest BCUT2D eigenvalue weighted by atomic mass is 9.95. The maximum absolute atomic E-state index is 9.65. The van der Waals surface area contributed by atoms with Crippen LogP contribution in [-0.4, -0.2) is 23.6 Å². The van der Waals surface area contributed by atoms with E-state index >= 15 is 0 Å². The van der Waals surface area contributed by atoms with Crippen molar-refractivity contribution in [3.63, 3.8) is 0 Å². The van der Waals surface area contributed by atoms with E-state index in [1.807, 2.05) is 74.5 Å². The van der Waals surface area contributed by atoms with Gasteiger partial charge in [-0.3, -0.25) is 0 Å². The molecular weight excluding hydrogens is 428 g/mol. The average Bonchev–Trinajstić information content (AvgIpc) is 2.82. The summed E-state index contributed by atoms with van der Waals surface area (Å²) < 4.78 is 24.0. The lowest BCUT2D eigenvalue weighted by Crippen LogP contribution is -2.27. The Kier molecular flexibility index (Phi) is 5.80. The Morgan fingerprint density at radius 2 is 1.88 bits per heavy atom. The Bertz CT molecular complexity index is 1260. The minimum Gasteiger partial charge on any atom is -0.488 e. The number of hydrogen-bond donors (Lipinski definition) is 1. The monoisotopic (exact) mass is 456 g/mol. The summed E-state index contributed by atoms with van der Waals surface area (Å²) in [5, 5.41) is 9.65. The largest absolute Gasteiger partial charge is 0.488 e. The Morgan fingerprint density at radius 3 is 2.68 bits per heavy atom. The fourth-order valence-electron chi connectivity index (χ4n) is 4.15. The van der Waals surface area contributed by atoms with Crippen molar-refractivity contribution in [1.29, 1.82) is 0 Å². The summed E-state index contributed by atoms with van der Waals surface area (Å²) in [7, 11) is 0. The van der Waals surface area contributed by atoms with Crippen molar-refractivity contribution < 1.29 is 24.1 Å². The molecular formula is C29H28O5. The van der Waals surface area contributed by atoms with Crippen molar-refractivity contribution in [2.45, 2.75) is 39.3 Å². The molecule has 1 N–H and O–H groups in total. The summed E-state index contributed by atoms with van der Waals surface area (Å²) in [4.78, 5) is 0. The number of benzene rings is 3. The van der Waals surface area contributed by atoms with Gasteiger partial charge in [0.15, 0.2) is 6.29 Å². The molecule has 5 nitrogen and oxygen atoms in total. The van der Waals surface area contributed by atoms with Crippen LogP contribution in [0.5, 0.6) is 23.0 Å². The van der Waals surface area contributed by atoms with Gasteiger partial charge in [-0.25, -0.2) is 0 Å². The lowest BCUT2D eigenvalue weighted by molar-refractivity contribution is -0.000457. The highest BCUT2D eigenvalue weighted by Gasteiger charge is 2.27. The minimum atomic E-state index is -0.914. The van der Waals surface area contributed by atoms with E-state index in [9.17, 15) is 5.11 Å². The zero-order chi connectivity index (χ0) is 23.7. The highest BCUT2D eigenvalue weighted by Crippen LogP contribution is 2.43. The lowest BCUT2D eigenvalue weighted by Gasteiger charge is -2.30. The normalized spacial score (nSPS) is 16.3. The van der Waals surface area contributed by atoms with Gasteiger partial charge in [-0.2, -0.15) is 0 Å². The molecule has 0 aliphatic carbocycles. The third kappa shape index (κ3) is 4.66. The van der Waals surface area contributed by atoms with Gasteiger partial charge in [0, 0.05) is 22.8 Å². The molecule has 0 radical (unpaired) electrons. The molecule has 0 saturated heterocycles. The average molecular weight is 457 g/mol. The van der Waals surface area contributed by atoms with E-state index in [-0.39, 0.29) is 5.60 Å². The number of fused-ring (bicyclic) bond motifs is 3. The van der Waals surface area contributed by atoms with Gasteiger partial charge in [-0.1, -0.05) is 30.3 Å². The van der Waals surface area contributed by atoms with Crippen molar-refractivity contribution in [3.8, 4) is 23.0 Å². The zero-order valence-electron chi connectivity index (χ0n) is 19.6. The molecule has 0 fully saturated rings. The molecule has 0 saturated carbocycles. The van der Waals surface area contributed by atoms with Crippen LogP contribution in [0.25, 0.3) is 17.7 Å². The standard InChI is InChI=1S/C29H28O5/c1-19(30)33-23-10-11-24(27(16-23)31-17-20-7-5-4-6-8-20)22-15-21-9-12-26-25(28(21)32-18-22)13-14-29(2,3)34-26/h4-16,19,30H,17-18H2,1-3H3. The van der Waals surface area contributed by atoms with Crippen LogP contribution >= 0.6 is 0 Å². The number of aliphatic hydroxyl groups excluding tert-OH is 1. The first-order chi connectivity index (χ1) is 16.4. The summed E-state index contributed by atoms with van der Waals surface area (Å²) in [6, 6.07) is 19.6. The highest BCUT2D eigenvalue weighted by molar-refractivity contribution is 5.90. The molecule has 0 amide bonds. The molecule has 5 rings (SSSR count). The van der Waals surface area contributed by atoms with Crippen molar-refractivity contribution in [3.05, 3.63) is 89.0 Å². The van der Waals surface area contributed by atoms with Crippen LogP contribution in [0.2, 0.25) is 0 Å². The first kappa shape index (κ1) is 22.1. The van der Waals surface area contributed by atoms with Crippen LogP contribution in [0.1, 0.15) is 43.0 Å². The van der Waals surface area contributed by atoms with Gasteiger partial charge in [-0.05, 0) is 68.8 Å². The van der Waals surface area contributed by atoms with Crippen molar-refractivity contribution in [1.82, 2.24) is 0 Å². The molecule has 3 aromatic rings. The third-order valence-corrected chi connectivity index (χ3v) is 5.76. The van der Waals surface area contributed by atoms with Crippen LogP contribution in [0.4, 0.5) is 0 Å². The second-order valence-electron chi connectivity index (χ2n) is 9.04. The predicted octanol–water partition coefficient (Wildman–Crippen LogP) is 6.10. The summed E-state index contributed by atoms with van der Waals surface area (Å²) >= 11 is 0. The van der Waals surface area contributed by atoms with E-state index in [2.05, 4.69) is 18.2 Å². The van der Waals surface area contributed by atoms with Gasteiger partial charge in [0.2, 0.25) is 0 Å². The Balaban J connectivity index is 1.49. The molecule has 0 aromatic heterocycles. The smallest absolute Gasteiger partial charge is 0.194 e. The van der Waals surface area contributed by atoms with Crippen molar-refractivity contribution >= 4 is 17.7 Å². The predicted molar refractivity (Wildman–Crippen MR) is 133 cm³/mol. The fraction of sp³-hybridized carbons (Fsp3) is 0.241. The van der Waals surface area contributed by atoms with Gasteiger partial charge in [0.1, 0.15) is 41.8 Å². The van der Waals surface area contributed by atoms with Crippen LogP contribution in [0.3, 0.4) is 0 Å². The van der Waals surface area contributed by atoms with Crippen LogP contribution in [0, 0.1) is 0 Å². The second-order valence-corrected chi connectivity index (χ2v) is 9.04. The van der Waals surface area contributed by atoms with E-state index in [0.29, 0.717) is 24.7 Å². The number of ether oxygens (including phenoxy) is 4. The molecule has 2 aliphatic heterocycles. The Morgan fingerprint density at radius 1 is 1.06 bits per heavy atom. The van der Waals surface area contributed by atoms with Crippen LogP contribution in [0.15, 0.2) is 66.7 Å². The molecule has 3 aromatic carbocycles. The van der Waals surface area contributed by atoms with E-state index < -0.39 is 6.29 Å². The molecule has 174 valence electrons. The van der Waals surface area contributed by atoms with Gasteiger partial charge in [0.25, 0.3) is 0 Å². The van der Waals surface area contributed by atoms with Crippen LogP contribution < -0.4 is 18.9 Å². The summed E-state index contributed by atoms with van der Waals surface area (Å²) in [5.74, 6) is 2.87. The van der Waals surface area contributed by atoms with Crippen molar-refractivity contribution in [2.24, 2.45) is 0 Å². The van der Waals surface area contributed by atoms with Gasteiger partial charge in [0.05, 0.1) is 5.56 Å². The van der Waals surface area contributed by atoms with Crippen LogP contribution in [-0.2, 0) is 6.61 Å². The quantitative estimate of drug-likeness (QED) is 0.454. The number of aliphatic hydroxyl groups is 1. The molecule has 2 heterocycles. The second kappa shape index (κ2) is 8.92. The van der Waals surface area contributed by atoms with Gasteiger partial charge in [-0.15, -0.1) is 0 Å². The van der Waals surface area contributed by atoms with E-state index in [0.717, 1.165) is 39.3 Å². The van der Waals surface area contributed by atoms with Crippen molar-refractivity contribution in [2.75, 3.05) is 6.61 Å². The summed E-state index contributed by atoms with van der Waals surface area (Å²) in [6.07, 6.45) is 5.34. The minimum absolute atomic E-state index is 0.336. The molecule has 1 unspecified atom stereocenters.